The van der Waals surface area contributed by atoms with E-state index in [2.05, 4.69) is 53.8 Å². The van der Waals surface area contributed by atoms with Crippen LogP contribution in [0, 0.1) is 40.4 Å². The third-order valence-electron chi connectivity index (χ3n) is 10.5. The fraction of sp³-hybridized carbons (Fsp3) is 0.900. The van der Waals surface area contributed by atoms with Gasteiger partial charge < -0.3 is 10.1 Å². The first-order valence-electron chi connectivity index (χ1n) is 14.2. The number of hydrogen-bond acceptors (Lipinski definition) is 2. The van der Waals surface area contributed by atoms with Crippen molar-refractivity contribution in [3.63, 3.8) is 0 Å². The summed E-state index contributed by atoms with van der Waals surface area (Å²) >= 11 is 0. The van der Waals surface area contributed by atoms with E-state index in [0.29, 0.717) is 23.3 Å². The molecular weight excluding hydrogens is 406 g/mol. The minimum atomic E-state index is 0.142. The first-order valence-corrected chi connectivity index (χ1v) is 14.2. The van der Waals surface area contributed by atoms with E-state index in [-0.39, 0.29) is 23.5 Å². The average Bonchev–Trinajstić information content (AvgIpc) is 3.02. The van der Waals surface area contributed by atoms with E-state index in [1.54, 1.807) is 0 Å². The lowest BCUT2D eigenvalue weighted by molar-refractivity contribution is -0.119. The molecule has 0 radical (unpaired) electrons. The van der Waals surface area contributed by atoms with Gasteiger partial charge in [0.1, 0.15) is 0 Å². The molecule has 4 rings (SSSR count). The minimum Gasteiger partial charge on any atom is -0.375 e. The Balaban J connectivity index is 1.52. The molecule has 0 saturated heterocycles. The predicted octanol–water partition coefficient (Wildman–Crippen LogP) is 7.30. The lowest BCUT2D eigenvalue weighted by Gasteiger charge is -2.55. The molecule has 8 atom stereocenters. The number of amides is 1. The van der Waals surface area contributed by atoms with Crippen LogP contribution in [0.2, 0.25) is 0 Å². The summed E-state index contributed by atoms with van der Waals surface area (Å²) in [5.74, 6) is 3.78. The van der Waals surface area contributed by atoms with Gasteiger partial charge >= 0.3 is 0 Å². The Morgan fingerprint density at radius 3 is 2.45 bits per heavy atom. The zero-order valence-corrected chi connectivity index (χ0v) is 22.6. The van der Waals surface area contributed by atoms with E-state index in [1.165, 1.54) is 50.5 Å². The predicted molar refractivity (Wildman–Crippen MR) is 137 cm³/mol. The van der Waals surface area contributed by atoms with Gasteiger partial charge in [-0.2, -0.15) is 0 Å². The molecule has 3 saturated carbocycles. The summed E-state index contributed by atoms with van der Waals surface area (Å²) in [7, 11) is 0. The van der Waals surface area contributed by atoms with Crippen molar-refractivity contribution in [2.24, 2.45) is 40.4 Å². The molecule has 3 nitrogen and oxygen atoms in total. The molecule has 3 fully saturated rings. The molecule has 3 heteroatoms. The van der Waals surface area contributed by atoms with E-state index < -0.39 is 0 Å². The summed E-state index contributed by atoms with van der Waals surface area (Å²) in [6, 6.07) is 0.338. The van der Waals surface area contributed by atoms with Crippen molar-refractivity contribution < 1.29 is 9.53 Å². The second kappa shape index (κ2) is 9.67. The number of rotatable bonds is 7. The van der Waals surface area contributed by atoms with E-state index in [9.17, 15) is 4.79 Å². The fourth-order valence-corrected chi connectivity index (χ4v) is 8.79. The second-order valence-electron chi connectivity index (χ2n) is 13.4. The summed E-state index contributed by atoms with van der Waals surface area (Å²) in [4.78, 5) is 13.1. The molecule has 33 heavy (non-hydrogen) atoms. The zero-order chi connectivity index (χ0) is 24.0. The van der Waals surface area contributed by atoms with Crippen molar-refractivity contribution in [1.82, 2.24) is 5.32 Å². The first-order chi connectivity index (χ1) is 15.5. The molecule has 1 amide bonds. The molecule has 0 aromatic rings. The minimum absolute atomic E-state index is 0.142. The number of hydrogen-bond donors (Lipinski definition) is 1. The van der Waals surface area contributed by atoms with Crippen LogP contribution < -0.4 is 5.32 Å². The van der Waals surface area contributed by atoms with E-state index >= 15 is 0 Å². The van der Waals surface area contributed by atoms with E-state index in [4.69, 9.17) is 4.74 Å². The topological polar surface area (TPSA) is 38.3 Å². The highest BCUT2D eigenvalue weighted by Gasteiger charge is 2.59. The maximum absolute atomic E-state index is 13.1. The lowest BCUT2D eigenvalue weighted by atomic mass is 9.51. The number of ether oxygens (including phenoxy) is 1. The maximum Gasteiger partial charge on any atom is 0.244 e. The Kier molecular flexibility index (Phi) is 7.40. The Morgan fingerprint density at radius 1 is 1.00 bits per heavy atom. The van der Waals surface area contributed by atoms with Crippen LogP contribution in [-0.2, 0) is 9.53 Å². The van der Waals surface area contributed by atoms with Crippen LogP contribution in [0.25, 0.3) is 0 Å². The van der Waals surface area contributed by atoms with Gasteiger partial charge in [0.25, 0.3) is 0 Å². The molecule has 188 valence electrons. The fourth-order valence-electron chi connectivity index (χ4n) is 8.79. The highest BCUT2D eigenvalue weighted by molar-refractivity contribution is 5.89. The van der Waals surface area contributed by atoms with Crippen LogP contribution >= 0.6 is 0 Å². The van der Waals surface area contributed by atoms with Gasteiger partial charge in [-0.3, -0.25) is 4.79 Å². The molecule has 1 aliphatic heterocycles. The Morgan fingerprint density at radius 2 is 1.76 bits per heavy atom. The van der Waals surface area contributed by atoms with Gasteiger partial charge in [-0.1, -0.05) is 59.5 Å². The molecule has 4 aliphatic rings. The van der Waals surface area contributed by atoms with Crippen molar-refractivity contribution in [3.8, 4) is 0 Å². The van der Waals surface area contributed by atoms with Gasteiger partial charge in [0.05, 0.1) is 12.2 Å². The molecule has 0 spiro atoms. The highest BCUT2D eigenvalue weighted by Crippen LogP contribution is 2.63. The van der Waals surface area contributed by atoms with Crippen LogP contribution in [0.15, 0.2) is 11.6 Å². The molecule has 0 bridgehead atoms. The number of carbonyl (C=O) groups excluding carboxylic acids is 1. The molecule has 1 heterocycles. The Bertz CT molecular complexity index is 742. The van der Waals surface area contributed by atoms with Gasteiger partial charge in [-0.05, 0) is 99.2 Å². The molecular formula is C30H51NO2. The van der Waals surface area contributed by atoms with Crippen LogP contribution in [0.4, 0.5) is 0 Å². The van der Waals surface area contributed by atoms with Crippen molar-refractivity contribution in [2.75, 3.05) is 0 Å². The van der Waals surface area contributed by atoms with Gasteiger partial charge in [-0.25, -0.2) is 0 Å². The Labute approximate surface area is 203 Å². The normalized spacial score (nSPS) is 41.7. The molecule has 1 unspecified atom stereocenters. The number of fused-ring (bicyclic) bond motifs is 5. The number of carbonyl (C=O) groups is 1. The summed E-state index contributed by atoms with van der Waals surface area (Å²) in [6.07, 6.45) is 15.0. The molecule has 1 N–H and O–H groups in total. The standard InChI is InChI=1S/C30H51NO2/c1-19(2)9-8-10-21(5)24-11-12-25-28-26(14-16-30(24,25)7)29(6)15-13-23(33-20(3)4)17-22(29)18-27(32)31-28/h18-21,23-26,28H,8-17H2,1-7H3,(H,31,32)/t21?,23-,24+,25-,26-,28-,29-,30+/m0/s1. The van der Waals surface area contributed by atoms with Crippen LogP contribution in [0.3, 0.4) is 0 Å². The lowest BCUT2D eigenvalue weighted by Crippen LogP contribution is -2.56. The van der Waals surface area contributed by atoms with Crippen LogP contribution in [0.5, 0.6) is 0 Å². The van der Waals surface area contributed by atoms with Crippen molar-refractivity contribution in [3.05, 3.63) is 11.6 Å². The SMILES string of the molecule is CC(C)CCCC(C)[C@H]1CC[C@H]2[C@@H]3NC(=O)C=C4C[C@@H](OC(C)C)CC[C@]4(C)[C@H]3CC[C@]12C. The van der Waals surface area contributed by atoms with Crippen LogP contribution in [-0.4, -0.2) is 24.2 Å². The van der Waals surface area contributed by atoms with E-state index in [0.717, 1.165) is 37.0 Å². The number of nitrogens with one attached hydrogen (secondary N) is 1. The molecule has 3 aliphatic carbocycles. The zero-order valence-electron chi connectivity index (χ0n) is 22.6. The third-order valence-corrected chi connectivity index (χ3v) is 10.5. The Hall–Kier alpha value is -0.830. The highest BCUT2D eigenvalue weighted by atomic mass is 16.5. The van der Waals surface area contributed by atoms with E-state index in [1.807, 2.05) is 6.08 Å². The van der Waals surface area contributed by atoms with Gasteiger partial charge in [0.15, 0.2) is 0 Å². The third kappa shape index (κ3) is 4.82. The molecule has 0 aromatic heterocycles. The summed E-state index contributed by atoms with van der Waals surface area (Å²) in [5.41, 5.74) is 1.89. The smallest absolute Gasteiger partial charge is 0.244 e. The monoisotopic (exact) mass is 457 g/mol. The largest absolute Gasteiger partial charge is 0.375 e. The summed E-state index contributed by atoms with van der Waals surface area (Å²) in [6.45, 7) is 16.5. The van der Waals surface area contributed by atoms with Gasteiger partial charge in [-0.15, -0.1) is 0 Å². The van der Waals surface area contributed by atoms with Crippen LogP contribution in [0.1, 0.15) is 113 Å². The molecule has 0 aromatic carbocycles. The maximum atomic E-state index is 13.1. The second-order valence-corrected chi connectivity index (χ2v) is 13.4. The average molecular weight is 458 g/mol. The van der Waals surface area contributed by atoms with Crippen molar-refractivity contribution >= 4 is 5.91 Å². The van der Waals surface area contributed by atoms with Gasteiger partial charge in [0.2, 0.25) is 5.91 Å². The van der Waals surface area contributed by atoms with Gasteiger partial charge in [0, 0.05) is 12.1 Å². The van der Waals surface area contributed by atoms with Crippen molar-refractivity contribution in [2.45, 2.75) is 131 Å². The summed E-state index contributed by atoms with van der Waals surface area (Å²) < 4.78 is 6.20. The van der Waals surface area contributed by atoms with Crippen molar-refractivity contribution in [1.29, 1.82) is 0 Å². The quantitative estimate of drug-likeness (QED) is 0.435. The summed E-state index contributed by atoms with van der Waals surface area (Å²) in [5, 5.41) is 3.58. The first kappa shape index (κ1) is 25.3.